The van der Waals surface area contributed by atoms with E-state index in [1.54, 1.807) is 20.8 Å². The summed E-state index contributed by atoms with van der Waals surface area (Å²) in [5.41, 5.74) is 4.88. The lowest BCUT2D eigenvalue weighted by molar-refractivity contribution is 0.0530. The fourth-order valence-electron chi connectivity index (χ4n) is 2.02. The van der Waals surface area contributed by atoms with Crippen LogP contribution in [0.15, 0.2) is 0 Å². The Hall–Kier alpha value is -0.870. The van der Waals surface area contributed by atoms with Crippen LogP contribution < -0.4 is 5.73 Å². The molecule has 1 rings (SSSR count). The Bertz CT molecular complexity index is 577. The van der Waals surface area contributed by atoms with Gasteiger partial charge in [-0.2, -0.15) is 0 Å². The quantitative estimate of drug-likeness (QED) is 0.410. The number of anilines is 1. The maximum absolute atomic E-state index is 10.5. The Morgan fingerprint density at radius 2 is 1.38 bits per heavy atom. The van der Waals surface area contributed by atoms with E-state index in [1.165, 1.54) is 0 Å². The van der Waals surface area contributed by atoms with Gasteiger partial charge >= 0.3 is 5.97 Å². The predicted octanol–water partition coefficient (Wildman–Crippen LogP) is 1.75. The molecule has 0 spiro atoms. The fourth-order valence-corrected chi connectivity index (χ4v) is 2.61. The van der Waals surface area contributed by atoms with Crippen LogP contribution in [0.1, 0.15) is 31.3 Å². The third kappa shape index (κ3) is 9.18. The summed E-state index contributed by atoms with van der Waals surface area (Å²) in [6.07, 6.45) is -1.30. The lowest BCUT2D eigenvalue weighted by Gasteiger charge is -2.25. The Kier molecular flexibility index (Phi) is 11.4. The minimum Gasteiger partial charge on any atom is -0.476 e. The van der Waals surface area contributed by atoms with Gasteiger partial charge in [-0.3, -0.25) is 4.90 Å². The number of carboxylic acids is 1. The van der Waals surface area contributed by atoms with E-state index >= 15 is 0 Å². The highest BCUT2D eigenvalue weighted by Crippen LogP contribution is 2.34. The monoisotopic (exact) mass is 431 g/mol. The molecule has 1 heterocycles. The number of aliphatic hydroxyl groups excluding tert-OH is 3. The lowest BCUT2D eigenvalue weighted by atomic mass is 10.2. The van der Waals surface area contributed by atoms with Gasteiger partial charge in [-0.05, 0) is 20.8 Å². The van der Waals surface area contributed by atoms with Crippen molar-refractivity contribution in [2.75, 3.05) is 25.4 Å². The Morgan fingerprint density at radius 1 is 1.00 bits per heavy atom. The van der Waals surface area contributed by atoms with E-state index in [1.807, 2.05) is 4.90 Å². The van der Waals surface area contributed by atoms with E-state index in [0.29, 0.717) is 19.6 Å². The van der Waals surface area contributed by atoms with Crippen LogP contribution in [-0.4, -0.2) is 74.2 Å². The summed E-state index contributed by atoms with van der Waals surface area (Å²) in [5.74, 6) is -1.31. The molecule has 8 nitrogen and oxygen atoms in total. The van der Waals surface area contributed by atoms with Gasteiger partial charge < -0.3 is 26.2 Å². The molecule has 26 heavy (non-hydrogen) atoms. The molecule has 1 aromatic heterocycles. The Morgan fingerprint density at radius 3 is 1.69 bits per heavy atom. The molecule has 0 aromatic carbocycles. The topological polar surface area (TPSA) is 140 Å². The maximum atomic E-state index is 10.5. The van der Waals surface area contributed by atoms with Crippen LogP contribution in [0, 0.1) is 0 Å². The van der Waals surface area contributed by atoms with Gasteiger partial charge in [-0.15, -0.1) is 0 Å². The minimum atomic E-state index is -1.31. The molecule has 6 N–H and O–H groups in total. The molecule has 0 saturated carbocycles. The molecule has 3 atom stereocenters. The first-order chi connectivity index (χ1) is 11.9. The minimum absolute atomic E-state index is 0.0448. The van der Waals surface area contributed by atoms with Crippen molar-refractivity contribution in [3.05, 3.63) is 20.9 Å². The van der Waals surface area contributed by atoms with E-state index in [-0.39, 0.29) is 20.9 Å². The average molecular weight is 433 g/mol. The van der Waals surface area contributed by atoms with Gasteiger partial charge in [0.05, 0.1) is 29.0 Å². The molecule has 3 unspecified atom stereocenters. The van der Waals surface area contributed by atoms with Crippen LogP contribution in [0.4, 0.5) is 5.69 Å². The molecule has 0 radical (unpaired) electrons. The maximum Gasteiger partial charge on any atom is 0.356 e. The van der Waals surface area contributed by atoms with Gasteiger partial charge in [0.15, 0.2) is 10.8 Å². The van der Waals surface area contributed by atoms with Crippen LogP contribution in [0.5, 0.6) is 0 Å². The average Bonchev–Trinajstić information content (AvgIpc) is 2.47. The van der Waals surface area contributed by atoms with Gasteiger partial charge in [-0.1, -0.05) is 34.8 Å². The normalized spacial score (nSPS) is 14.4. The SMILES string of the molecule is CC(O)CN(CC(C)O)CC(C)O.Nc1c(Cl)c(Cl)nc(C(=O)O)c1Cl. The van der Waals surface area contributed by atoms with Gasteiger partial charge in [0, 0.05) is 19.6 Å². The zero-order valence-electron chi connectivity index (χ0n) is 14.7. The molecule has 1 aromatic rings. The highest BCUT2D eigenvalue weighted by molar-refractivity contribution is 6.46. The second-order valence-corrected chi connectivity index (χ2v) is 6.98. The highest BCUT2D eigenvalue weighted by Gasteiger charge is 2.18. The number of halogens is 3. The summed E-state index contributed by atoms with van der Waals surface area (Å²) < 4.78 is 0. The molecule has 0 amide bonds. The van der Waals surface area contributed by atoms with Crippen molar-refractivity contribution in [1.29, 1.82) is 0 Å². The Balaban J connectivity index is 0.000000481. The summed E-state index contributed by atoms with van der Waals surface area (Å²) in [6, 6.07) is 0. The number of aromatic carboxylic acids is 1. The first-order valence-electron chi connectivity index (χ1n) is 7.66. The van der Waals surface area contributed by atoms with Crippen LogP contribution >= 0.6 is 34.8 Å². The van der Waals surface area contributed by atoms with Crippen molar-refractivity contribution in [2.45, 2.75) is 39.1 Å². The van der Waals surface area contributed by atoms with Crippen molar-refractivity contribution < 1.29 is 25.2 Å². The van der Waals surface area contributed by atoms with E-state index in [9.17, 15) is 4.79 Å². The number of hydrogen-bond acceptors (Lipinski definition) is 7. The molecule has 0 aliphatic carbocycles. The Labute approximate surface area is 167 Å². The number of aromatic nitrogens is 1. The number of nitrogen functional groups attached to an aromatic ring is 1. The molecule has 0 bridgehead atoms. The molecule has 0 aliphatic heterocycles. The van der Waals surface area contributed by atoms with Crippen LogP contribution in [0.2, 0.25) is 15.2 Å². The van der Waals surface area contributed by atoms with Gasteiger partial charge in [0.2, 0.25) is 0 Å². The number of nitrogens with two attached hydrogens (primary N) is 1. The third-order valence-corrected chi connectivity index (χ3v) is 3.98. The third-order valence-electron chi connectivity index (χ3n) is 2.84. The second kappa shape index (κ2) is 11.8. The summed E-state index contributed by atoms with van der Waals surface area (Å²) in [5, 5.41) is 35.6. The zero-order valence-corrected chi connectivity index (χ0v) is 16.9. The molecule has 0 fully saturated rings. The summed E-state index contributed by atoms with van der Waals surface area (Å²) >= 11 is 16.6. The molecule has 0 aliphatic rings. The van der Waals surface area contributed by atoms with Crippen molar-refractivity contribution in [3.8, 4) is 0 Å². The van der Waals surface area contributed by atoms with Crippen molar-refractivity contribution in [3.63, 3.8) is 0 Å². The number of carboxylic acid groups (broad SMARTS) is 1. The van der Waals surface area contributed by atoms with Crippen LogP contribution in [0.3, 0.4) is 0 Å². The van der Waals surface area contributed by atoms with E-state index in [0.717, 1.165) is 0 Å². The molecule has 150 valence electrons. The number of hydrogen-bond donors (Lipinski definition) is 5. The first kappa shape index (κ1) is 25.1. The summed E-state index contributed by atoms with van der Waals surface area (Å²) in [6.45, 7) is 6.52. The van der Waals surface area contributed by atoms with Crippen LogP contribution in [0.25, 0.3) is 0 Å². The fraction of sp³-hybridized carbons (Fsp3) is 0.600. The van der Waals surface area contributed by atoms with Crippen molar-refractivity contribution in [2.24, 2.45) is 0 Å². The van der Waals surface area contributed by atoms with E-state index in [4.69, 9.17) is 61.0 Å². The smallest absolute Gasteiger partial charge is 0.356 e. The standard InChI is InChI=1S/C9H21NO3.C6H3Cl3N2O2/c1-7(11)4-10(5-8(2)12)6-9(3)13;7-1-3(10)2(8)5(9)11-4(1)6(12)13/h7-9,11-13H,4-6H2,1-3H3;(H2,10,11)(H,12,13). The second-order valence-electron chi connectivity index (χ2n) is 5.86. The number of nitrogens with zero attached hydrogens (tertiary/aromatic N) is 2. The van der Waals surface area contributed by atoms with Crippen molar-refractivity contribution in [1.82, 2.24) is 9.88 Å². The summed E-state index contributed by atoms with van der Waals surface area (Å²) in [7, 11) is 0. The lowest BCUT2D eigenvalue weighted by Crippen LogP contribution is -2.40. The van der Waals surface area contributed by atoms with Crippen LogP contribution in [-0.2, 0) is 0 Å². The summed E-state index contributed by atoms with van der Waals surface area (Å²) in [4.78, 5) is 15.8. The van der Waals surface area contributed by atoms with E-state index in [2.05, 4.69) is 4.98 Å². The van der Waals surface area contributed by atoms with E-state index < -0.39 is 30.0 Å². The molecule has 0 saturated heterocycles. The first-order valence-corrected chi connectivity index (χ1v) is 8.79. The van der Waals surface area contributed by atoms with Gasteiger partial charge in [0.1, 0.15) is 5.02 Å². The highest BCUT2D eigenvalue weighted by atomic mass is 35.5. The zero-order chi connectivity index (χ0) is 20.6. The molecule has 11 heteroatoms. The number of pyridine rings is 1. The van der Waals surface area contributed by atoms with Gasteiger partial charge in [0.25, 0.3) is 0 Å². The number of aliphatic hydroxyl groups is 3. The molecular weight excluding hydrogens is 409 g/mol. The number of rotatable bonds is 7. The largest absolute Gasteiger partial charge is 0.476 e. The van der Waals surface area contributed by atoms with Gasteiger partial charge in [-0.25, -0.2) is 9.78 Å². The molecular formula is C15H24Cl3N3O5. The van der Waals surface area contributed by atoms with Crippen molar-refractivity contribution >= 4 is 46.5 Å². The predicted molar refractivity (Wildman–Crippen MR) is 102 cm³/mol. The number of carbonyl (C=O) groups is 1.